The van der Waals surface area contributed by atoms with Crippen LogP contribution in [0.1, 0.15) is 42.2 Å². The molecule has 0 aromatic heterocycles. The molecule has 0 unspecified atom stereocenters. The number of anilines is 2. The predicted molar refractivity (Wildman–Crippen MR) is 124 cm³/mol. The lowest BCUT2D eigenvalue weighted by molar-refractivity contribution is -0.117. The number of hydrogen-bond acceptors (Lipinski definition) is 2. The van der Waals surface area contributed by atoms with E-state index in [9.17, 15) is 14.0 Å². The summed E-state index contributed by atoms with van der Waals surface area (Å²) in [5.41, 5.74) is 2.88. The van der Waals surface area contributed by atoms with Gasteiger partial charge in [0.1, 0.15) is 5.82 Å². The zero-order chi connectivity index (χ0) is 22.1. The Balaban J connectivity index is 1.81. The third-order valence-electron chi connectivity index (χ3n) is 5.61. The number of halogens is 2. The van der Waals surface area contributed by atoms with Crippen LogP contribution in [0.15, 0.2) is 77.3 Å². The van der Waals surface area contributed by atoms with E-state index >= 15 is 0 Å². The third-order valence-corrected chi connectivity index (χ3v) is 6.10. The van der Waals surface area contributed by atoms with Gasteiger partial charge in [-0.2, -0.15) is 0 Å². The summed E-state index contributed by atoms with van der Waals surface area (Å²) in [5.74, 6) is -0.635. The molecule has 0 fully saturated rings. The van der Waals surface area contributed by atoms with Crippen LogP contribution < -0.4 is 9.80 Å². The SMILES string of the molecule is CC(=O)N(c1ccccc1)[C@H]1C[C@@H](C)N(C(=O)c2ccc(F)cc2)c2ccc(Br)cc21. The molecular formula is C25H22BrFN2O2. The Labute approximate surface area is 189 Å². The fourth-order valence-corrected chi connectivity index (χ4v) is 4.64. The van der Waals surface area contributed by atoms with Crippen molar-refractivity contribution in [1.82, 2.24) is 0 Å². The molecule has 0 saturated heterocycles. The molecule has 0 aliphatic carbocycles. The number of fused-ring (bicyclic) bond motifs is 1. The fourth-order valence-electron chi connectivity index (χ4n) is 4.26. The molecule has 158 valence electrons. The molecule has 1 heterocycles. The molecule has 0 N–H and O–H groups in total. The average molecular weight is 481 g/mol. The van der Waals surface area contributed by atoms with Gasteiger partial charge in [0.05, 0.1) is 6.04 Å². The minimum atomic E-state index is -0.382. The van der Waals surface area contributed by atoms with E-state index in [2.05, 4.69) is 15.9 Å². The number of carbonyl (C=O) groups is 2. The van der Waals surface area contributed by atoms with Gasteiger partial charge in [-0.1, -0.05) is 34.1 Å². The molecule has 2 amide bonds. The van der Waals surface area contributed by atoms with E-state index in [1.807, 2.05) is 55.5 Å². The van der Waals surface area contributed by atoms with Gasteiger partial charge in [0.25, 0.3) is 5.91 Å². The highest BCUT2D eigenvalue weighted by molar-refractivity contribution is 9.10. The summed E-state index contributed by atoms with van der Waals surface area (Å²) in [5, 5.41) is 0. The standard InChI is InChI=1S/C25H22BrFN2O2/c1-16-14-24(29(17(2)30)21-6-4-3-5-7-21)22-15-19(26)10-13-23(22)28(16)25(31)18-8-11-20(27)12-9-18/h3-13,15-16,24H,14H2,1-2H3/t16-,24+/m1/s1. The van der Waals surface area contributed by atoms with Crippen molar-refractivity contribution in [2.75, 3.05) is 9.80 Å². The van der Waals surface area contributed by atoms with Crippen molar-refractivity contribution in [2.45, 2.75) is 32.4 Å². The van der Waals surface area contributed by atoms with Crippen LogP contribution in [0.5, 0.6) is 0 Å². The average Bonchev–Trinajstić information content (AvgIpc) is 2.75. The number of para-hydroxylation sites is 1. The van der Waals surface area contributed by atoms with Crippen LogP contribution in [0.3, 0.4) is 0 Å². The lowest BCUT2D eigenvalue weighted by Crippen LogP contribution is -2.47. The molecule has 3 aromatic carbocycles. The number of nitrogens with zero attached hydrogens (tertiary/aromatic N) is 2. The molecule has 1 aliphatic heterocycles. The second-order valence-corrected chi connectivity index (χ2v) is 8.63. The van der Waals surface area contributed by atoms with Crippen LogP contribution in [-0.4, -0.2) is 17.9 Å². The second kappa shape index (κ2) is 8.63. The van der Waals surface area contributed by atoms with Gasteiger partial charge < -0.3 is 9.80 Å². The molecule has 4 rings (SSSR count). The van der Waals surface area contributed by atoms with Crippen molar-refractivity contribution in [3.05, 3.63) is 94.2 Å². The molecule has 0 bridgehead atoms. The van der Waals surface area contributed by atoms with E-state index in [1.54, 1.807) is 16.7 Å². The van der Waals surface area contributed by atoms with Crippen molar-refractivity contribution in [1.29, 1.82) is 0 Å². The fraction of sp³-hybridized carbons (Fsp3) is 0.200. The van der Waals surface area contributed by atoms with Crippen LogP contribution >= 0.6 is 15.9 Å². The number of carbonyl (C=O) groups excluding carboxylic acids is 2. The van der Waals surface area contributed by atoms with Crippen LogP contribution in [-0.2, 0) is 4.79 Å². The smallest absolute Gasteiger partial charge is 0.258 e. The van der Waals surface area contributed by atoms with Crippen molar-refractivity contribution in [2.24, 2.45) is 0 Å². The summed E-state index contributed by atoms with van der Waals surface area (Å²) in [6, 6.07) is 20.5. The van der Waals surface area contributed by atoms with E-state index in [1.165, 1.54) is 24.3 Å². The van der Waals surface area contributed by atoms with Gasteiger partial charge in [-0.05, 0) is 73.5 Å². The maximum Gasteiger partial charge on any atom is 0.258 e. The summed E-state index contributed by atoms with van der Waals surface area (Å²) in [6.07, 6.45) is 0.574. The quantitative estimate of drug-likeness (QED) is 0.452. The number of hydrogen-bond donors (Lipinski definition) is 0. The van der Waals surface area contributed by atoms with E-state index in [0.29, 0.717) is 12.0 Å². The molecule has 4 nitrogen and oxygen atoms in total. The molecule has 0 saturated carbocycles. The summed E-state index contributed by atoms with van der Waals surface area (Å²) >= 11 is 3.54. The molecule has 0 radical (unpaired) electrons. The van der Waals surface area contributed by atoms with Gasteiger partial charge in [0.2, 0.25) is 5.91 Å². The Hall–Kier alpha value is -2.99. The van der Waals surface area contributed by atoms with Crippen LogP contribution in [0, 0.1) is 5.82 Å². The van der Waals surface area contributed by atoms with E-state index in [-0.39, 0.29) is 29.7 Å². The largest absolute Gasteiger partial charge is 0.305 e. The summed E-state index contributed by atoms with van der Waals surface area (Å²) in [7, 11) is 0. The summed E-state index contributed by atoms with van der Waals surface area (Å²) < 4.78 is 14.2. The highest BCUT2D eigenvalue weighted by Gasteiger charge is 2.38. The first kappa shape index (κ1) is 21.2. The van der Waals surface area contributed by atoms with Crippen molar-refractivity contribution in [3.8, 4) is 0 Å². The van der Waals surface area contributed by atoms with Crippen LogP contribution in [0.2, 0.25) is 0 Å². The lowest BCUT2D eigenvalue weighted by Gasteiger charge is -2.43. The lowest BCUT2D eigenvalue weighted by atomic mass is 9.89. The minimum absolute atomic E-state index is 0.0624. The second-order valence-electron chi connectivity index (χ2n) is 7.71. The first-order valence-electron chi connectivity index (χ1n) is 10.1. The number of benzene rings is 3. The van der Waals surface area contributed by atoms with Gasteiger partial charge in [0, 0.05) is 34.4 Å². The van der Waals surface area contributed by atoms with E-state index < -0.39 is 0 Å². The maximum atomic E-state index is 13.4. The number of rotatable bonds is 3. The van der Waals surface area contributed by atoms with E-state index in [0.717, 1.165) is 21.4 Å². The molecular weight excluding hydrogens is 459 g/mol. The van der Waals surface area contributed by atoms with Crippen LogP contribution in [0.4, 0.5) is 15.8 Å². The van der Waals surface area contributed by atoms with Gasteiger partial charge in [-0.15, -0.1) is 0 Å². The molecule has 2 atom stereocenters. The van der Waals surface area contributed by atoms with Crippen molar-refractivity contribution < 1.29 is 14.0 Å². The Morgan fingerprint density at radius 1 is 1.03 bits per heavy atom. The first-order chi connectivity index (χ1) is 14.9. The Morgan fingerprint density at radius 3 is 2.35 bits per heavy atom. The van der Waals surface area contributed by atoms with Crippen LogP contribution in [0.25, 0.3) is 0 Å². The minimum Gasteiger partial charge on any atom is -0.305 e. The molecule has 1 aliphatic rings. The topological polar surface area (TPSA) is 40.6 Å². The molecule has 31 heavy (non-hydrogen) atoms. The van der Waals surface area contributed by atoms with Gasteiger partial charge in [-0.25, -0.2) is 4.39 Å². The Bertz CT molecular complexity index is 1120. The monoisotopic (exact) mass is 480 g/mol. The molecule has 3 aromatic rings. The third kappa shape index (κ3) is 4.12. The predicted octanol–water partition coefficient (Wildman–Crippen LogP) is 6.12. The zero-order valence-electron chi connectivity index (χ0n) is 17.3. The van der Waals surface area contributed by atoms with Gasteiger partial charge >= 0.3 is 0 Å². The first-order valence-corrected chi connectivity index (χ1v) is 10.9. The normalized spacial score (nSPS) is 17.7. The van der Waals surface area contributed by atoms with E-state index in [4.69, 9.17) is 0 Å². The van der Waals surface area contributed by atoms with Gasteiger partial charge in [-0.3, -0.25) is 9.59 Å². The maximum absolute atomic E-state index is 13.4. The Kier molecular flexibility index (Phi) is 5.92. The van der Waals surface area contributed by atoms with Crippen molar-refractivity contribution >= 4 is 39.1 Å². The highest BCUT2D eigenvalue weighted by Crippen LogP contribution is 2.43. The zero-order valence-corrected chi connectivity index (χ0v) is 18.8. The summed E-state index contributed by atoms with van der Waals surface area (Å²) in [4.78, 5) is 29.6. The highest BCUT2D eigenvalue weighted by atomic mass is 79.9. The molecule has 0 spiro atoms. The van der Waals surface area contributed by atoms with Crippen molar-refractivity contribution in [3.63, 3.8) is 0 Å². The molecule has 6 heteroatoms. The van der Waals surface area contributed by atoms with Gasteiger partial charge in [0.15, 0.2) is 0 Å². The number of amides is 2. The Morgan fingerprint density at radius 2 is 1.71 bits per heavy atom. The summed E-state index contributed by atoms with van der Waals surface area (Å²) in [6.45, 7) is 3.54.